The molecule has 1 heterocycles. The molecule has 1 aromatic rings. The number of hydrogen-bond acceptors (Lipinski definition) is 6. The van der Waals surface area contributed by atoms with Crippen molar-refractivity contribution in [1.29, 1.82) is 0 Å². The third-order valence-electron chi connectivity index (χ3n) is 6.15. The van der Waals surface area contributed by atoms with Gasteiger partial charge in [-0.15, -0.1) is 0 Å². The van der Waals surface area contributed by atoms with E-state index in [2.05, 4.69) is 10.6 Å². The summed E-state index contributed by atoms with van der Waals surface area (Å²) in [5.74, 6) is 0.691. The topological polar surface area (TPSA) is 117 Å². The van der Waals surface area contributed by atoms with Crippen LogP contribution in [0.25, 0.3) is 0 Å². The molecule has 3 amide bonds. The smallest absolute Gasteiger partial charge is 0.315 e. The third-order valence-corrected chi connectivity index (χ3v) is 8.04. The van der Waals surface area contributed by atoms with Crippen LogP contribution >= 0.6 is 0 Å². The highest BCUT2D eigenvalue weighted by Gasteiger charge is 2.30. The summed E-state index contributed by atoms with van der Waals surface area (Å²) in [5, 5.41) is 5.71. The number of ether oxygens (including phenoxy) is 2. The average molecular weight is 483 g/mol. The summed E-state index contributed by atoms with van der Waals surface area (Å²) in [6.45, 7) is 1.27. The molecule has 1 aromatic carbocycles. The SMILES string of the molecule is COc1ccc(S(=O)(=O)N2CCN(C(=O)CCNC(=O)NC3CCCCC3)CC2)cc1OC. The number of benzene rings is 1. The molecule has 11 heteroatoms. The van der Waals surface area contributed by atoms with Crippen LogP contribution in [0.2, 0.25) is 0 Å². The lowest BCUT2D eigenvalue weighted by Gasteiger charge is -2.34. The van der Waals surface area contributed by atoms with Gasteiger partial charge in [-0.25, -0.2) is 13.2 Å². The van der Waals surface area contributed by atoms with E-state index >= 15 is 0 Å². The number of methoxy groups -OCH3 is 2. The molecule has 2 fully saturated rings. The molecule has 184 valence electrons. The largest absolute Gasteiger partial charge is 0.493 e. The number of rotatable bonds is 8. The lowest BCUT2D eigenvalue weighted by molar-refractivity contribution is -0.132. The van der Waals surface area contributed by atoms with Crippen LogP contribution in [-0.4, -0.2) is 82.5 Å². The van der Waals surface area contributed by atoms with Crippen molar-refractivity contribution in [3.8, 4) is 11.5 Å². The Morgan fingerprint density at radius 2 is 1.67 bits per heavy atom. The van der Waals surface area contributed by atoms with E-state index in [-0.39, 0.29) is 48.9 Å². The number of hydrogen-bond donors (Lipinski definition) is 2. The zero-order chi connectivity index (χ0) is 23.8. The van der Waals surface area contributed by atoms with E-state index in [1.807, 2.05) is 0 Å². The van der Waals surface area contributed by atoms with E-state index in [1.165, 1.54) is 37.1 Å². The van der Waals surface area contributed by atoms with Crippen molar-refractivity contribution in [3.63, 3.8) is 0 Å². The fourth-order valence-corrected chi connectivity index (χ4v) is 5.67. The molecule has 2 N–H and O–H groups in total. The first-order valence-electron chi connectivity index (χ1n) is 11.4. The number of urea groups is 1. The van der Waals surface area contributed by atoms with Crippen molar-refractivity contribution in [1.82, 2.24) is 19.8 Å². The average Bonchev–Trinajstić information content (AvgIpc) is 2.84. The second-order valence-electron chi connectivity index (χ2n) is 8.29. The van der Waals surface area contributed by atoms with Gasteiger partial charge in [-0.3, -0.25) is 4.79 Å². The molecular formula is C22H34N4O6S. The Balaban J connectivity index is 1.45. The molecule has 1 saturated carbocycles. The van der Waals surface area contributed by atoms with Crippen molar-refractivity contribution < 1.29 is 27.5 Å². The van der Waals surface area contributed by atoms with Crippen LogP contribution in [0.4, 0.5) is 4.79 Å². The number of carbonyl (C=O) groups is 2. The van der Waals surface area contributed by atoms with Gasteiger partial charge in [0.2, 0.25) is 15.9 Å². The van der Waals surface area contributed by atoms with Gasteiger partial charge >= 0.3 is 6.03 Å². The van der Waals surface area contributed by atoms with E-state index in [0.717, 1.165) is 25.7 Å². The van der Waals surface area contributed by atoms with Gasteiger partial charge in [0, 0.05) is 51.3 Å². The number of nitrogens with zero attached hydrogens (tertiary/aromatic N) is 2. The molecule has 1 aliphatic heterocycles. The van der Waals surface area contributed by atoms with Crippen LogP contribution in [0.5, 0.6) is 11.5 Å². The Morgan fingerprint density at radius 1 is 1.00 bits per heavy atom. The van der Waals surface area contributed by atoms with E-state index in [9.17, 15) is 18.0 Å². The minimum absolute atomic E-state index is 0.101. The molecule has 0 radical (unpaired) electrons. The molecule has 0 aromatic heterocycles. The molecule has 1 aliphatic carbocycles. The lowest BCUT2D eigenvalue weighted by atomic mass is 9.96. The number of sulfonamides is 1. The predicted molar refractivity (Wildman–Crippen MR) is 123 cm³/mol. The highest BCUT2D eigenvalue weighted by Crippen LogP contribution is 2.30. The monoisotopic (exact) mass is 482 g/mol. The van der Waals surface area contributed by atoms with Crippen molar-refractivity contribution in [3.05, 3.63) is 18.2 Å². The van der Waals surface area contributed by atoms with Crippen LogP contribution in [0.15, 0.2) is 23.1 Å². The molecule has 1 saturated heterocycles. The first-order valence-corrected chi connectivity index (χ1v) is 12.8. The van der Waals surface area contributed by atoms with Crippen molar-refractivity contribution in [2.45, 2.75) is 49.5 Å². The molecular weight excluding hydrogens is 448 g/mol. The van der Waals surface area contributed by atoms with Crippen LogP contribution in [-0.2, 0) is 14.8 Å². The highest BCUT2D eigenvalue weighted by atomic mass is 32.2. The molecule has 2 aliphatic rings. The summed E-state index contributed by atoms with van der Waals surface area (Å²) in [7, 11) is -0.778. The Morgan fingerprint density at radius 3 is 2.30 bits per heavy atom. The van der Waals surface area contributed by atoms with Gasteiger partial charge in [0.15, 0.2) is 11.5 Å². The summed E-state index contributed by atoms with van der Waals surface area (Å²) in [6.07, 6.45) is 5.68. The van der Waals surface area contributed by atoms with Gasteiger partial charge in [-0.1, -0.05) is 19.3 Å². The van der Waals surface area contributed by atoms with Gasteiger partial charge < -0.3 is 25.0 Å². The first-order chi connectivity index (χ1) is 15.8. The summed E-state index contributed by atoms with van der Waals surface area (Å²) < 4.78 is 37.8. The highest BCUT2D eigenvalue weighted by molar-refractivity contribution is 7.89. The second kappa shape index (κ2) is 11.6. The zero-order valence-corrected chi connectivity index (χ0v) is 20.2. The maximum Gasteiger partial charge on any atom is 0.315 e. The third kappa shape index (κ3) is 6.50. The van der Waals surface area contributed by atoms with Gasteiger partial charge in [0.25, 0.3) is 0 Å². The maximum absolute atomic E-state index is 13.0. The summed E-state index contributed by atoms with van der Waals surface area (Å²) >= 11 is 0. The summed E-state index contributed by atoms with van der Waals surface area (Å²) in [6, 6.07) is 4.47. The first kappa shape index (κ1) is 25.1. The van der Waals surface area contributed by atoms with Crippen molar-refractivity contribution in [2.24, 2.45) is 0 Å². The number of amides is 3. The molecule has 3 rings (SSSR count). The Labute approximate surface area is 195 Å². The van der Waals surface area contributed by atoms with E-state index in [1.54, 1.807) is 11.0 Å². The van der Waals surface area contributed by atoms with E-state index in [0.29, 0.717) is 24.6 Å². The van der Waals surface area contributed by atoms with Gasteiger partial charge in [0.05, 0.1) is 19.1 Å². The number of nitrogens with one attached hydrogen (secondary N) is 2. The van der Waals surface area contributed by atoms with Crippen LogP contribution in [0, 0.1) is 0 Å². The lowest BCUT2D eigenvalue weighted by Crippen LogP contribution is -2.51. The van der Waals surface area contributed by atoms with Gasteiger partial charge in [-0.2, -0.15) is 4.31 Å². The second-order valence-corrected chi connectivity index (χ2v) is 10.2. The molecule has 10 nitrogen and oxygen atoms in total. The van der Waals surface area contributed by atoms with Crippen LogP contribution in [0.3, 0.4) is 0 Å². The normalized spacial score (nSPS) is 17.9. The number of carbonyl (C=O) groups excluding carboxylic acids is 2. The van der Waals surface area contributed by atoms with Gasteiger partial charge in [-0.05, 0) is 25.0 Å². The quantitative estimate of drug-likeness (QED) is 0.581. The van der Waals surface area contributed by atoms with Crippen molar-refractivity contribution >= 4 is 22.0 Å². The summed E-state index contributed by atoms with van der Waals surface area (Å²) in [4.78, 5) is 26.3. The standard InChI is InChI=1S/C22H34N4O6S/c1-31-19-9-8-18(16-20(19)32-2)33(29,30)26-14-12-25(13-15-26)21(27)10-11-23-22(28)24-17-6-4-3-5-7-17/h8-9,16-17H,3-7,10-15H2,1-2H3,(H2,23,24,28). The Hall–Kier alpha value is -2.53. The Bertz CT molecular complexity index is 925. The molecule has 33 heavy (non-hydrogen) atoms. The fourth-order valence-electron chi connectivity index (χ4n) is 4.23. The Kier molecular flexibility index (Phi) is 8.79. The van der Waals surface area contributed by atoms with Crippen LogP contribution < -0.4 is 20.1 Å². The molecule has 0 spiro atoms. The number of piperazine rings is 1. The minimum Gasteiger partial charge on any atom is -0.493 e. The maximum atomic E-state index is 13.0. The molecule has 0 unspecified atom stereocenters. The molecule has 0 atom stereocenters. The van der Waals surface area contributed by atoms with Gasteiger partial charge in [0.1, 0.15) is 0 Å². The van der Waals surface area contributed by atoms with Crippen LogP contribution in [0.1, 0.15) is 38.5 Å². The zero-order valence-electron chi connectivity index (χ0n) is 19.3. The van der Waals surface area contributed by atoms with E-state index < -0.39 is 10.0 Å². The van der Waals surface area contributed by atoms with Crippen molar-refractivity contribution in [2.75, 3.05) is 46.9 Å². The predicted octanol–water partition coefficient (Wildman–Crippen LogP) is 1.56. The fraction of sp³-hybridized carbons (Fsp3) is 0.636. The summed E-state index contributed by atoms with van der Waals surface area (Å²) in [5.41, 5.74) is 0. The molecule has 0 bridgehead atoms. The van der Waals surface area contributed by atoms with E-state index in [4.69, 9.17) is 9.47 Å². The minimum atomic E-state index is -3.72.